The lowest BCUT2D eigenvalue weighted by Gasteiger charge is -2.15. The van der Waals surface area contributed by atoms with Gasteiger partial charge >= 0.3 is 18.3 Å². The Bertz CT molecular complexity index is 464. The number of amides is 1. The highest BCUT2D eigenvalue weighted by molar-refractivity contribution is 5.96. The third-order valence-corrected chi connectivity index (χ3v) is 2.07. The summed E-state index contributed by atoms with van der Waals surface area (Å²) in [4.78, 5) is 10.9. The van der Waals surface area contributed by atoms with Gasteiger partial charge in [0.2, 0.25) is 0 Å². The first-order chi connectivity index (χ1) is 8.78. The van der Waals surface area contributed by atoms with Crippen molar-refractivity contribution in [3.63, 3.8) is 0 Å². The molecule has 106 valence electrons. The molecule has 0 bridgehead atoms. The molecule has 8 heteroatoms. The highest BCUT2D eigenvalue weighted by Gasteiger charge is 2.48. The van der Waals surface area contributed by atoms with E-state index in [0.29, 0.717) is 6.07 Å². The molecule has 0 heterocycles. The lowest BCUT2D eigenvalue weighted by molar-refractivity contribution is -0.163. The lowest BCUT2D eigenvalue weighted by Crippen LogP contribution is -2.40. The molecular weight excluding hydrogens is 273 g/mol. The van der Waals surface area contributed by atoms with Crippen LogP contribution in [0, 0.1) is 5.82 Å². The maximum atomic E-state index is 13.3. The first kappa shape index (κ1) is 15.2. The Balaban J connectivity index is 2.84. The molecule has 0 saturated carbocycles. The van der Waals surface area contributed by atoms with Crippen LogP contribution < -0.4 is 10.1 Å². The largest absolute Gasteiger partial charge is 0.491 e. The van der Waals surface area contributed by atoms with E-state index in [-0.39, 0.29) is 18.0 Å². The van der Waals surface area contributed by atoms with Crippen LogP contribution in [0.25, 0.3) is 0 Å². The van der Waals surface area contributed by atoms with Crippen LogP contribution in [0.1, 0.15) is 6.92 Å². The number of alkyl halides is 4. The zero-order valence-corrected chi connectivity index (χ0v) is 9.72. The molecule has 3 nitrogen and oxygen atoms in total. The molecule has 0 spiro atoms. The van der Waals surface area contributed by atoms with Crippen LogP contribution >= 0.6 is 0 Å². The minimum Gasteiger partial charge on any atom is -0.491 e. The van der Waals surface area contributed by atoms with Crippen molar-refractivity contribution >= 4 is 11.6 Å². The summed E-state index contributed by atoms with van der Waals surface area (Å²) in [5.74, 6) is -8.08. The van der Waals surface area contributed by atoms with Crippen LogP contribution in [-0.2, 0) is 4.79 Å². The minimum absolute atomic E-state index is 0.138. The second kappa shape index (κ2) is 5.85. The average Bonchev–Trinajstić information content (AvgIpc) is 2.32. The predicted octanol–water partition coefficient (Wildman–Crippen LogP) is 3.06. The van der Waals surface area contributed by atoms with Crippen LogP contribution in [0.5, 0.6) is 5.75 Å². The second-order valence-corrected chi connectivity index (χ2v) is 3.46. The highest BCUT2D eigenvalue weighted by Crippen LogP contribution is 2.26. The van der Waals surface area contributed by atoms with E-state index in [4.69, 9.17) is 4.74 Å². The van der Waals surface area contributed by atoms with Crippen LogP contribution in [-0.4, -0.2) is 24.9 Å². The zero-order valence-electron chi connectivity index (χ0n) is 9.72. The van der Waals surface area contributed by atoms with Crippen molar-refractivity contribution in [1.29, 1.82) is 0 Å². The summed E-state index contributed by atoms with van der Waals surface area (Å²) < 4.78 is 67.3. The Hall–Kier alpha value is -1.86. The van der Waals surface area contributed by atoms with Gasteiger partial charge in [-0.2, -0.15) is 8.78 Å². The molecule has 0 saturated heterocycles. The number of carbonyl (C=O) groups is 1. The fraction of sp³-hybridized carbons (Fsp3) is 0.364. The topological polar surface area (TPSA) is 38.3 Å². The van der Waals surface area contributed by atoms with E-state index >= 15 is 0 Å². The third-order valence-electron chi connectivity index (χ3n) is 2.07. The predicted molar refractivity (Wildman–Crippen MR) is 57.1 cm³/mol. The number of anilines is 1. The Morgan fingerprint density at radius 1 is 1.42 bits per heavy atom. The number of hydrogen-bond acceptors (Lipinski definition) is 2. The Labute approximate surface area is 105 Å². The maximum absolute atomic E-state index is 13.3. The van der Waals surface area contributed by atoms with Gasteiger partial charge in [0.05, 0.1) is 6.61 Å². The second-order valence-electron chi connectivity index (χ2n) is 3.46. The molecule has 1 amide bonds. The van der Waals surface area contributed by atoms with Crippen LogP contribution in [0.3, 0.4) is 0 Å². The van der Waals surface area contributed by atoms with Gasteiger partial charge in [-0.25, -0.2) is 13.2 Å². The molecule has 1 aromatic carbocycles. The number of rotatable bonds is 5. The summed E-state index contributed by atoms with van der Waals surface area (Å²) in [5, 5.41) is 1.51. The Morgan fingerprint density at radius 2 is 2.05 bits per heavy atom. The summed E-state index contributed by atoms with van der Waals surface area (Å²) in [6.07, 6.45) is -4.14. The molecule has 0 aliphatic heterocycles. The van der Waals surface area contributed by atoms with E-state index in [1.54, 1.807) is 6.92 Å². The molecule has 19 heavy (non-hydrogen) atoms. The monoisotopic (exact) mass is 283 g/mol. The van der Waals surface area contributed by atoms with Crippen LogP contribution in [0.15, 0.2) is 18.2 Å². The van der Waals surface area contributed by atoms with Gasteiger partial charge in [0, 0.05) is 11.8 Å². The Kier molecular flexibility index (Phi) is 4.68. The molecule has 0 atom stereocenters. The van der Waals surface area contributed by atoms with Crippen molar-refractivity contribution in [3.8, 4) is 5.75 Å². The van der Waals surface area contributed by atoms with Crippen molar-refractivity contribution in [2.24, 2.45) is 0 Å². The first-order valence-electron chi connectivity index (χ1n) is 5.18. The third kappa shape index (κ3) is 3.55. The van der Waals surface area contributed by atoms with E-state index < -0.39 is 24.1 Å². The summed E-state index contributed by atoms with van der Waals surface area (Å²) in [6, 6.07) is 2.85. The lowest BCUT2D eigenvalue weighted by atomic mass is 10.2. The molecule has 0 aromatic heterocycles. The standard InChI is InChI=1S/C11H10F5NO2/c1-2-19-8-4-3-6(5-7(8)12)17-10(18)11(15,16)9(13)14/h3-5,9H,2H2,1H3,(H,17,18). The van der Waals surface area contributed by atoms with Gasteiger partial charge in [-0.3, -0.25) is 4.79 Å². The van der Waals surface area contributed by atoms with E-state index in [0.717, 1.165) is 12.1 Å². The average molecular weight is 283 g/mol. The van der Waals surface area contributed by atoms with Gasteiger partial charge in [-0.15, -0.1) is 0 Å². The van der Waals surface area contributed by atoms with Crippen molar-refractivity contribution in [1.82, 2.24) is 0 Å². The van der Waals surface area contributed by atoms with Crippen molar-refractivity contribution in [2.45, 2.75) is 19.3 Å². The number of ether oxygens (including phenoxy) is 1. The van der Waals surface area contributed by atoms with Gasteiger partial charge in [0.25, 0.3) is 0 Å². The molecule has 0 radical (unpaired) electrons. The molecule has 0 aliphatic rings. The maximum Gasteiger partial charge on any atom is 0.383 e. The molecule has 0 fully saturated rings. The molecule has 0 unspecified atom stereocenters. The van der Waals surface area contributed by atoms with E-state index in [1.165, 1.54) is 5.32 Å². The van der Waals surface area contributed by atoms with Gasteiger partial charge in [-0.1, -0.05) is 0 Å². The van der Waals surface area contributed by atoms with Gasteiger partial charge in [0.15, 0.2) is 11.6 Å². The fourth-order valence-electron chi connectivity index (χ4n) is 1.16. The van der Waals surface area contributed by atoms with E-state index in [9.17, 15) is 26.7 Å². The minimum atomic E-state index is -4.84. The number of carbonyl (C=O) groups excluding carboxylic acids is 1. The quantitative estimate of drug-likeness (QED) is 0.843. The van der Waals surface area contributed by atoms with E-state index in [1.807, 2.05) is 0 Å². The van der Waals surface area contributed by atoms with Crippen molar-refractivity contribution < 1.29 is 31.5 Å². The van der Waals surface area contributed by atoms with Crippen LogP contribution in [0.4, 0.5) is 27.6 Å². The van der Waals surface area contributed by atoms with Gasteiger partial charge in [0.1, 0.15) is 0 Å². The number of nitrogens with one attached hydrogen (secondary N) is 1. The number of halogens is 5. The smallest absolute Gasteiger partial charge is 0.383 e. The van der Waals surface area contributed by atoms with Crippen molar-refractivity contribution in [2.75, 3.05) is 11.9 Å². The summed E-state index contributed by atoms with van der Waals surface area (Å²) in [6.45, 7) is 1.80. The fourth-order valence-corrected chi connectivity index (χ4v) is 1.16. The highest BCUT2D eigenvalue weighted by atomic mass is 19.3. The molecule has 0 aliphatic carbocycles. The van der Waals surface area contributed by atoms with Crippen LogP contribution in [0.2, 0.25) is 0 Å². The summed E-state index contributed by atoms with van der Waals surface area (Å²) in [7, 11) is 0. The molecule has 1 N–H and O–H groups in total. The Morgan fingerprint density at radius 3 is 2.53 bits per heavy atom. The number of benzene rings is 1. The summed E-state index contributed by atoms with van der Waals surface area (Å²) in [5.41, 5.74) is -0.369. The number of hydrogen-bond donors (Lipinski definition) is 1. The van der Waals surface area contributed by atoms with Gasteiger partial charge < -0.3 is 10.1 Å². The summed E-state index contributed by atoms with van der Waals surface area (Å²) >= 11 is 0. The first-order valence-corrected chi connectivity index (χ1v) is 5.18. The normalized spacial score (nSPS) is 11.5. The van der Waals surface area contributed by atoms with Crippen molar-refractivity contribution in [3.05, 3.63) is 24.0 Å². The zero-order chi connectivity index (χ0) is 14.6. The molecule has 1 rings (SSSR count). The molecular formula is C11H10F5NO2. The van der Waals surface area contributed by atoms with E-state index in [2.05, 4.69) is 0 Å². The molecule has 1 aromatic rings. The SMILES string of the molecule is CCOc1ccc(NC(=O)C(F)(F)C(F)F)cc1F. The van der Waals surface area contributed by atoms with Gasteiger partial charge in [-0.05, 0) is 19.1 Å².